The molecule has 1 N–H and O–H groups in total. The van der Waals surface area contributed by atoms with Crippen LogP contribution in [0.1, 0.15) is 49.6 Å². The number of nitrogens with zero attached hydrogens (tertiary/aromatic N) is 2. The second-order valence-corrected chi connectivity index (χ2v) is 9.84. The average Bonchev–Trinajstić information content (AvgIpc) is 3.54. The summed E-state index contributed by atoms with van der Waals surface area (Å²) in [6.45, 7) is 1.02. The number of aromatic nitrogens is 1. The number of aliphatic hydroxyl groups is 1. The molecule has 6 rings (SSSR count). The number of hydrogen-bond acceptors (Lipinski definition) is 5. The minimum Gasteiger partial charge on any atom is -0.493 e. The molecular weight excluding hydrogens is 463 g/mol. The van der Waals surface area contributed by atoms with Crippen LogP contribution >= 0.6 is 0 Å². The van der Waals surface area contributed by atoms with Gasteiger partial charge in [-0.2, -0.15) is 0 Å². The third kappa shape index (κ3) is 3.89. The lowest BCUT2D eigenvalue weighted by Gasteiger charge is -2.45. The normalized spacial score (nSPS) is 22.0. The molecule has 2 aliphatic heterocycles. The fourth-order valence-corrected chi connectivity index (χ4v) is 5.71. The molecule has 36 heavy (non-hydrogen) atoms. The SMILES string of the molecule is COc1cc(C(=O)N2CCC3(CC2)Oc2cc(F)ccc2-n2cccc23)ccc1OC1CCC(O)C1.[HH]. The van der Waals surface area contributed by atoms with Crippen LogP contribution in [0.25, 0.3) is 5.69 Å². The molecule has 8 heteroatoms. The molecule has 1 aromatic heterocycles. The molecule has 2 fully saturated rings. The molecule has 2 aromatic carbocycles. The number of hydrogen-bond donors (Lipinski definition) is 1. The van der Waals surface area contributed by atoms with Crippen LogP contribution in [0, 0.1) is 5.82 Å². The Labute approximate surface area is 210 Å². The van der Waals surface area contributed by atoms with Crippen molar-refractivity contribution in [1.82, 2.24) is 9.47 Å². The minimum absolute atomic E-state index is 0. The molecule has 1 amide bonds. The van der Waals surface area contributed by atoms with Gasteiger partial charge in [-0.3, -0.25) is 4.79 Å². The highest BCUT2D eigenvalue weighted by molar-refractivity contribution is 5.95. The van der Waals surface area contributed by atoms with E-state index in [1.807, 2.05) is 23.2 Å². The van der Waals surface area contributed by atoms with E-state index in [1.54, 1.807) is 31.4 Å². The zero-order valence-electron chi connectivity index (χ0n) is 20.2. The van der Waals surface area contributed by atoms with E-state index in [2.05, 4.69) is 4.57 Å². The summed E-state index contributed by atoms with van der Waals surface area (Å²) in [5.41, 5.74) is 1.76. The van der Waals surface area contributed by atoms with Crippen molar-refractivity contribution < 1.29 is 29.9 Å². The van der Waals surface area contributed by atoms with Crippen LogP contribution in [-0.2, 0) is 5.60 Å². The van der Waals surface area contributed by atoms with Crippen LogP contribution in [0.2, 0.25) is 0 Å². The van der Waals surface area contributed by atoms with Gasteiger partial charge >= 0.3 is 0 Å². The molecule has 190 valence electrons. The zero-order chi connectivity index (χ0) is 24.9. The van der Waals surface area contributed by atoms with E-state index in [0.29, 0.717) is 55.2 Å². The number of fused-ring (bicyclic) bond motifs is 4. The van der Waals surface area contributed by atoms with Gasteiger partial charge in [-0.15, -0.1) is 0 Å². The fraction of sp³-hybridized carbons (Fsp3) is 0.393. The lowest BCUT2D eigenvalue weighted by molar-refractivity contribution is -0.00951. The van der Waals surface area contributed by atoms with Gasteiger partial charge in [0, 0.05) is 51.6 Å². The number of halogens is 1. The van der Waals surface area contributed by atoms with Gasteiger partial charge in [0.15, 0.2) is 17.1 Å². The lowest BCUT2D eigenvalue weighted by atomic mass is 9.86. The quantitative estimate of drug-likeness (QED) is 0.570. The van der Waals surface area contributed by atoms with Crippen LogP contribution < -0.4 is 14.2 Å². The number of rotatable bonds is 4. The molecule has 0 bridgehead atoms. The summed E-state index contributed by atoms with van der Waals surface area (Å²) in [6.07, 6.45) is 4.91. The fourth-order valence-electron chi connectivity index (χ4n) is 5.71. The summed E-state index contributed by atoms with van der Waals surface area (Å²) in [7, 11) is 1.56. The Hall–Kier alpha value is -3.52. The van der Waals surface area contributed by atoms with Crippen LogP contribution in [0.3, 0.4) is 0 Å². The van der Waals surface area contributed by atoms with E-state index in [9.17, 15) is 14.3 Å². The summed E-state index contributed by atoms with van der Waals surface area (Å²) < 4.78 is 34.0. The van der Waals surface area contributed by atoms with Crippen LogP contribution in [0.15, 0.2) is 54.7 Å². The van der Waals surface area contributed by atoms with Gasteiger partial charge in [-0.05, 0) is 55.3 Å². The highest BCUT2D eigenvalue weighted by atomic mass is 19.1. The molecule has 7 nitrogen and oxygen atoms in total. The maximum Gasteiger partial charge on any atom is 0.253 e. The Bertz CT molecular complexity index is 1300. The van der Waals surface area contributed by atoms with E-state index >= 15 is 0 Å². The van der Waals surface area contributed by atoms with Gasteiger partial charge in [0.05, 0.1) is 24.6 Å². The van der Waals surface area contributed by atoms with Crippen molar-refractivity contribution >= 4 is 5.91 Å². The number of ether oxygens (including phenoxy) is 3. The molecule has 3 aliphatic rings. The van der Waals surface area contributed by atoms with E-state index in [0.717, 1.165) is 24.2 Å². The van der Waals surface area contributed by atoms with Gasteiger partial charge < -0.3 is 28.8 Å². The van der Waals surface area contributed by atoms with Crippen molar-refractivity contribution in [2.75, 3.05) is 20.2 Å². The largest absolute Gasteiger partial charge is 0.493 e. The maximum absolute atomic E-state index is 14.0. The van der Waals surface area contributed by atoms with Crippen LogP contribution in [-0.4, -0.2) is 52.9 Å². The van der Waals surface area contributed by atoms with Crippen molar-refractivity contribution in [2.24, 2.45) is 0 Å². The van der Waals surface area contributed by atoms with Gasteiger partial charge in [-0.1, -0.05) is 0 Å². The molecular formula is C28H31FN2O5. The standard InChI is InChI=1S/C28H29FN2O5.H2/c1-34-25-15-18(4-9-23(25)35-21-7-6-20(32)17-21)27(33)30-13-10-28(11-14-30)26-3-2-12-31(26)22-8-5-19(29)16-24(22)36-28;/h2-5,8-9,12,15-16,20-21,32H,6-7,10-11,13-14,17H2,1H3;1H. The van der Waals surface area contributed by atoms with Crippen molar-refractivity contribution in [2.45, 2.75) is 49.9 Å². The van der Waals surface area contributed by atoms with E-state index in [4.69, 9.17) is 14.2 Å². The van der Waals surface area contributed by atoms with Gasteiger partial charge in [0.25, 0.3) is 5.91 Å². The van der Waals surface area contributed by atoms with Gasteiger partial charge in [0.1, 0.15) is 17.7 Å². The predicted octanol–water partition coefficient (Wildman–Crippen LogP) is 4.69. The molecule has 1 saturated carbocycles. The van der Waals surface area contributed by atoms with Gasteiger partial charge in [0.2, 0.25) is 0 Å². The number of methoxy groups -OCH3 is 1. The summed E-state index contributed by atoms with van der Waals surface area (Å²) >= 11 is 0. The van der Waals surface area contributed by atoms with Crippen molar-refractivity contribution in [3.63, 3.8) is 0 Å². The molecule has 1 aliphatic carbocycles. The highest BCUT2D eigenvalue weighted by Crippen LogP contribution is 2.45. The number of carbonyl (C=O) groups excluding carboxylic acids is 1. The first-order valence-electron chi connectivity index (χ1n) is 12.4. The minimum atomic E-state index is -0.609. The molecule has 3 aromatic rings. The first kappa shape index (κ1) is 22.9. The average molecular weight is 495 g/mol. The molecule has 3 heterocycles. The summed E-state index contributed by atoms with van der Waals surface area (Å²) in [4.78, 5) is 15.2. The molecule has 1 saturated heterocycles. The Morgan fingerprint density at radius 2 is 1.97 bits per heavy atom. The van der Waals surface area contributed by atoms with E-state index in [1.165, 1.54) is 12.1 Å². The van der Waals surface area contributed by atoms with E-state index < -0.39 is 5.60 Å². The smallest absolute Gasteiger partial charge is 0.253 e. The monoisotopic (exact) mass is 494 g/mol. The predicted molar refractivity (Wildman–Crippen MR) is 133 cm³/mol. The van der Waals surface area contributed by atoms with Crippen molar-refractivity contribution in [3.05, 3.63) is 71.8 Å². The Morgan fingerprint density at radius 1 is 1.14 bits per heavy atom. The molecule has 2 unspecified atom stereocenters. The molecule has 2 atom stereocenters. The number of amides is 1. The number of benzene rings is 2. The topological polar surface area (TPSA) is 73.2 Å². The van der Waals surface area contributed by atoms with Crippen LogP contribution in [0.4, 0.5) is 4.39 Å². The Morgan fingerprint density at radius 3 is 2.72 bits per heavy atom. The third-order valence-corrected chi connectivity index (χ3v) is 7.62. The summed E-state index contributed by atoms with van der Waals surface area (Å²) in [5, 5.41) is 9.77. The number of aliphatic hydroxyl groups excluding tert-OH is 1. The molecule has 1 spiro atoms. The first-order valence-corrected chi connectivity index (χ1v) is 12.4. The molecule has 0 radical (unpaired) electrons. The highest BCUT2D eigenvalue weighted by Gasteiger charge is 2.44. The van der Waals surface area contributed by atoms with Crippen LogP contribution in [0.5, 0.6) is 17.2 Å². The Balaban J connectivity index is 0.00000280. The zero-order valence-corrected chi connectivity index (χ0v) is 20.2. The first-order chi connectivity index (χ1) is 17.5. The van der Waals surface area contributed by atoms with Crippen molar-refractivity contribution in [3.8, 4) is 22.9 Å². The number of carbonyl (C=O) groups is 1. The number of piperidine rings is 1. The second-order valence-electron chi connectivity index (χ2n) is 9.84. The lowest BCUT2D eigenvalue weighted by Crippen LogP contribution is -2.50. The third-order valence-electron chi connectivity index (χ3n) is 7.62. The van der Waals surface area contributed by atoms with Gasteiger partial charge in [-0.25, -0.2) is 4.39 Å². The Kier molecular flexibility index (Phi) is 5.63. The van der Waals surface area contributed by atoms with Crippen molar-refractivity contribution in [1.29, 1.82) is 0 Å². The second kappa shape index (κ2) is 8.85. The van der Waals surface area contributed by atoms with E-state index in [-0.39, 0.29) is 25.4 Å². The summed E-state index contributed by atoms with van der Waals surface area (Å²) in [5.74, 6) is 1.19. The summed E-state index contributed by atoms with van der Waals surface area (Å²) in [6, 6.07) is 13.9. The maximum atomic E-state index is 14.0. The number of likely N-dealkylation sites (tertiary alicyclic amines) is 1.